The van der Waals surface area contributed by atoms with Crippen LogP contribution < -0.4 is 11.1 Å². The summed E-state index contributed by atoms with van der Waals surface area (Å²) in [6, 6.07) is 0.449. The lowest BCUT2D eigenvalue weighted by Crippen LogP contribution is -2.27. The Morgan fingerprint density at radius 1 is 1.77 bits per heavy atom. The second-order valence-electron chi connectivity index (χ2n) is 3.07. The highest BCUT2D eigenvalue weighted by Gasteiger charge is 1.98. The molecule has 0 aliphatic rings. The van der Waals surface area contributed by atoms with Crippen LogP contribution in [0, 0.1) is 0 Å². The molecule has 0 heterocycles. The molecule has 0 aromatic carbocycles. The molecule has 13 heavy (non-hydrogen) atoms. The second-order valence-corrected chi connectivity index (χ2v) is 3.07. The van der Waals surface area contributed by atoms with Crippen LogP contribution in [0.2, 0.25) is 0 Å². The average molecular weight is 185 g/mol. The fourth-order valence-corrected chi connectivity index (χ4v) is 1.00. The van der Waals surface area contributed by atoms with Gasteiger partial charge >= 0.3 is 0 Å². The molecule has 0 fully saturated rings. The molecule has 0 rings (SSSR count). The largest absolute Gasteiger partial charge is 0.409 e. The maximum Gasteiger partial charge on any atom is 0.139 e. The van der Waals surface area contributed by atoms with Gasteiger partial charge in [-0.25, -0.2) is 0 Å². The third-order valence-corrected chi connectivity index (χ3v) is 1.75. The van der Waals surface area contributed by atoms with Gasteiger partial charge in [0, 0.05) is 12.5 Å². The van der Waals surface area contributed by atoms with Gasteiger partial charge < -0.3 is 16.3 Å². The molecular weight excluding hydrogens is 166 g/mol. The molecule has 4 nitrogen and oxygen atoms in total. The van der Waals surface area contributed by atoms with Gasteiger partial charge in [0.1, 0.15) is 5.84 Å². The lowest BCUT2D eigenvalue weighted by Gasteiger charge is -2.10. The SMILES string of the molecule is C=CCC(C)NCCC/C(N)=N/O. The van der Waals surface area contributed by atoms with Crippen LogP contribution in [0.1, 0.15) is 26.2 Å². The lowest BCUT2D eigenvalue weighted by molar-refractivity contribution is 0.316. The van der Waals surface area contributed by atoms with Crippen molar-refractivity contribution in [2.24, 2.45) is 10.9 Å². The molecule has 1 unspecified atom stereocenters. The van der Waals surface area contributed by atoms with Gasteiger partial charge in [-0.05, 0) is 26.3 Å². The Morgan fingerprint density at radius 2 is 2.46 bits per heavy atom. The van der Waals surface area contributed by atoms with Crippen LogP contribution in [0.25, 0.3) is 0 Å². The first-order chi connectivity index (χ1) is 6.20. The molecule has 0 spiro atoms. The minimum atomic E-state index is 0.290. The third-order valence-electron chi connectivity index (χ3n) is 1.75. The Hall–Kier alpha value is -1.03. The summed E-state index contributed by atoms with van der Waals surface area (Å²) < 4.78 is 0. The number of nitrogens with one attached hydrogen (secondary N) is 1. The monoisotopic (exact) mass is 185 g/mol. The van der Waals surface area contributed by atoms with E-state index in [1.807, 2.05) is 6.08 Å². The minimum Gasteiger partial charge on any atom is -0.409 e. The van der Waals surface area contributed by atoms with Crippen LogP contribution in [-0.2, 0) is 0 Å². The van der Waals surface area contributed by atoms with Crippen LogP contribution in [0.4, 0.5) is 0 Å². The number of oxime groups is 1. The van der Waals surface area contributed by atoms with E-state index in [-0.39, 0.29) is 5.84 Å². The lowest BCUT2D eigenvalue weighted by atomic mass is 10.2. The molecule has 76 valence electrons. The van der Waals surface area contributed by atoms with Crippen molar-refractivity contribution in [1.82, 2.24) is 5.32 Å². The molecule has 4 heteroatoms. The summed E-state index contributed by atoms with van der Waals surface area (Å²) in [6.45, 7) is 6.64. The second kappa shape index (κ2) is 7.61. The number of hydrogen-bond donors (Lipinski definition) is 3. The zero-order valence-electron chi connectivity index (χ0n) is 8.16. The minimum absolute atomic E-state index is 0.290. The van der Waals surface area contributed by atoms with E-state index in [0.29, 0.717) is 12.5 Å². The highest BCUT2D eigenvalue weighted by Crippen LogP contribution is 1.92. The molecule has 0 saturated carbocycles. The molecule has 4 N–H and O–H groups in total. The zero-order valence-corrected chi connectivity index (χ0v) is 8.16. The van der Waals surface area contributed by atoms with Crippen molar-refractivity contribution in [2.45, 2.75) is 32.2 Å². The van der Waals surface area contributed by atoms with Crippen LogP contribution in [0.5, 0.6) is 0 Å². The highest BCUT2D eigenvalue weighted by atomic mass is 16.4. The van der Waals surface area contributed by atoms with Crippen LogP contribution in [0.3, 0.4) is 0 Å². The van der Waals surface area contributed by atoms with Crippen molar-refractivity contribution < 1.29 is 5.21 Å². The number of nitrogens with two attached hydrogens (primary N) is 1. The molecule has 1 atom stereocenters. The molecule has 0 aliphatic carbocycles. The maximum absolute atomic E-state index is 8.26. The number of nitrogens with zero attached hydrogens (tertiary/aromatic N) is 1. The van der Waals surface area contributed by atoms with Crippen molar-refractivity contribution in [3.63, 3.8) is 0 Å². The van der Waals surface area contributed by atoms with E-state index in [1.54, 1.807) is 0 Å². The van der Waals surface area contributed by atoms with Gasteiger partial charge in [-0.15, -0.1) is 6.58 Å². The summed E-state index contributed by atoms with van der Waals surface area (Å²) in [5.41, 5.74) is 5.30. The topological polar surface area (TPSA) is 70.6 Å². The van der Waals surface area contributed by atoms with Gasteiger partial charge in [-0.2, -0.15) is 0 Å². The summed E-state index contributed by atoms with van der Waals surface area (Å²) in [7, 11) is 0. The van der Waals surface area contributed by atoms with Gasteiger partial charge in [-0.3, -0.25) is 0 Å². The average Bonchev–Trinajstić information content (AvgIpc) is 2.12. The van der Waals surface area contributed by atoms with Gasteiger partial charge in [0.25, 0.3) is 0 Å². The fourth-order valence-electron chi connectivity index (χ4n) is 1.00. The van der Waals surface area contributed by atoms with Gasteiger partial charge in [0.05, 0.1) is 0 Å². The van der Waals surface area contributed by atoms with E-state index in [1.165, 1.54) is 0 Å². The quantitative estimate of drug-likeness (QED) is 0.139. The first-order valence-corrected chi connectivity index (χ1v) is 4.51. The van der Waals surface area contributed by atoms with E-state index >= 15 is 0 Å². The summed E-state index contributed by atoms with van der Waals surface area (Å²) in [5, 5.41) is 14.4. The molecule has 0 aromatic rings. The van der Waals surface area contributed by atoms with Gasteiger partial charge in [0.15, 0.2) is 0 Å². The Kier molecular flexibility index (Phi) is 7.01. The molecule has 0 amide bonds. The molecular formula is C9H19N3O. The summed E-state index contributed by atoms with van der Waals surface area (Å²) in [4.78, 5) is 0. The molecule has 0 bridgehead atoms. The Bertz CT molecular complexity index is 168. The van der Waals surface area contributed by atoms with Crippen molar-refractivity contribution in [1.29, 1.82) is 0 Å². The predicted octanol–water partition coefficient (Wildman–Crippen LogP) is 1.07. The highest BCUT2D eigenvalue weighted by molar-refractivity contribution is 5.79. The van der Waals surface area contributed by atoms with E-state index in [2.05, 4.69) is 24.0 Å². The number of rotatable bonds is 7. The van der Waals surface area contributed by atoms with Crippen LogP contribution in [0.15, 0.2) is 17.8 Å². The van der Waals surface area contributed by atoms with Crippen molar-refractivity contribution in [3.05, 3.63) is 12.7 Å². The fraction of sp³-hybridized carbons (Fsp3) is 0.667. The van der Waals surface area contributed by atoms with E-state index < -0.39 is 0 Å². The molecule has 0 aliphatic heterocycles. The smallest absolute Gasteiger partial charge is 0.139 e. The van der Waals surface area contributed by atoms with E-state index in [4.69, 9.17) is 10.9 Å². The summed E-state index contributed by atoms with van der Waals surface area (Å²) in [6.07, 6.45) is 4.37. The molecule has 0 aromatic heterocycles. The Balaban J connectivity index is 3.30. The van der Waals surface area contributed by atoms with E-state index in [9.17, 15) is 0 Å². The van der Waals surface area contributed by atoms with E-state index in [0.717, 1.165) is 19.4 Å². The summed E-state index contributed by atoms with van der Waals surface area (Å²) >= 11 is 0. The molecule has 0 saturated heterocycles. The zero-order chi connectivity index (χ0) is 10.1. The Morgan fingerprint density at radius 3 is 3.00 bits per heavy atom. The van der Waals surface area contributed by atoms with Crippen LogP contribution >= 0.6 is 0 Å². The maximum atomic E-state index is 8.26. The molecule has 0 radical (unpaired) electrons. The number of amidine groups is 1. The number of hydrogen-bond acceptors (Lipinski definition) is 3. The Labute approximate surface area is 79.5 Å². The first-order valence-electron chi connectivity index (χ1n) is 4.51. The van der Waals surface area contributed by atoms with Gasteiger partial charge in [-0.1, -0.05) is 11.2 Å². The van der Waals surface area contributed by atoms with Crippen molar-refractivity contribution in [3.8, 4) is 0 Å². The predicted molar refractivity (Wildman–Crippen MR) is 54.9 cm³/mol. The summed E-state index contributed by atoms with van der Waals surface area (Å²) in [5.74, 6) is 0.290. The van der Waals surface area contributed by atoms with Crippen molar-refractivity contribution in [2.75, 3.05) is 6.54 Å². The standard InChI is InChI=1S/C9H19N3O/c1-3-5-8(2)11-7-4-6-9(10)12-13/h3,8,11,13H,1,4-7H2,2H3,(H2,10,12). The van der Waals surface area contributed by atoms with Crippen LogP contribution in [-0.4, -0.2) is 23.6 Å². The third kappa shape index (κ3) is 7.33. The first kappa shape index (κ1) is 12.0. The van der Waals surface area contributed by atoms with Gasteiger partial charge in [0.2, 0.25) is 0 Å². The normalized spacial score (nSPS) is 14.1. The van der Waals surface area contributed by atoms with Crippen molar-refractivity contribution >= 4 is 5.84 Å².